The number of nitrogens with zero attached hydrogens (tertiary/aromatic N) is 1. The zero-order chi connectivity index (χ0) is 14.5. The van der Waals surface area contributed by atoms with Crippen LogP contribution in [0.4, 0.5) is 5.82 Å². The van der Waals surface area contributed by atoms with Crippen LogP contribution < -0.4 is 10.6 Å². The smallest absolute Gasteiger partial charge is 0.325 e. The van der Waals surface area contributed by atoms with E-state index in [-0.39, 0.29) is 12.5 Å². The van der Waals surface area contributed by atoms with Gasteiger partial charge >= 0.3 is 5.97 Å². The van der Waals surface area contributed by atoms with Crippen LogP contribution in [0.3, 0.4) is 0 Å². The van der Waals surface area contributed by atoms with Crippen LogP contribution in [0.25, 0.3) is 0 Å². The highest BCUT2D eigenvalue weighted by atomic mass is 16.5. The Morgan fingerprint density at radius 1 is 1.47 bits per heavy atom. The fourth-order valence-electron chi connectivity index (χ4n) is 1.30. The van der Waals surface area contributed by atoms with E-state index in [1.807, 2.05) is 0 Å². The van der Waals surface area contributed by atoms with Gasteiger partial charge in [-0.1, -0.05) is 5.16 Å². The molecule has 0 saturated carbocycles. The van der Waals surface area contributed by atoms with Gasteiger partial charge in [0.25, 0.3) is 0 Å². The van der Waals surface area contributed by atoms with Crippen LogP contribution in [0, 0.1) is 6.92 Å². The molecule has 0 atom stereocenters. The van der Waals surface area contributed by atoms with Gasteiger partial charge in [-0.05, 0) is 27.7 Å². The topological polar surface area (TPSA) is 93.5 Å². The zero-order valence-corrected chi connectivity index (χ0v) is 11.6. The molecule has 7 nitrogen and oxygen atoms in total. The van der Waals surface area contributed by atoms with Crippen molar-refractivity contribution in [1.29, 1.82) is 0 Å². The van der Waals surface area contributed by atoms with Gasteiger partial charge in [-0.15, -0.1) is 0 Å². The third kappa shape index (κ3) is 4.70. The molecule has 2 N–H and O–H groups in total. The number of aryl methyl sites for hydroxylation is 1. The van der Waals surface area contributed by atoms with E-state index in [4.69, 9.17) is 9.26 Å². The molecule has 0 spiro atoms. The number of hydrogen-bond acceptors (Lipinski definition) is 6. The first-order valence-corrected chi connectivity index (χ1v) is 6.00. The minimum atomic E-state index is -0.924. The summed E-state index contributed by atoms with van der Waals surface area (Å²) in [4.78, 5) is 23.2. The molecule has 1 amide bonds. The number of anilines is 1. The molecule has 1 aromatic rings. The quantitative estimate of drug-likeness (QED) is 0.744. The summed E-state index contributed by atoms with van der Waals surface area (Å²) in [6.45, 7) is 7.03. The Balaban J connectivity index is 2.43. The third-order valence-corrected chi connectivity index (χ3v) is 2.37. The molecule has 0 saturated heterocycles. The molecular formula is C12H19N3O4. The number of hydrogen-bond donors (Lipinski definition) is 2. The van der Waals surface area contributed by atoms with Crippen molar-refractivity contribution in [1.82, 2.24) is 10.5 Å². The lowest BCUT2D eigenvalue weighted by Crippen LogP contribution is -2.50. The second-order valence-corrected chi connectivity index (χ2v) is 4.57. The molecule has 0 aliphatic carbocycles. The van der Waals surface area contributed by atoms with Gasteiger partial charge < -0.3 is 14.6 Å². The van der Waals surface area contributed by atoms with Gasteiger partial charge in [-0.25, -0.2) is 0 Å². The summed E-state index contributed by atoms with van der Waals surface area (Å²) in [5.41, 5.74) is -0.924. The summed E-state index contributed by atoms with van der Waals surface area (Å²) in [5.74, 6) is 0.235. The molecule has 0 fully saturated rings. The van der Waals surface area contributed by atoms with E-state index in [2.05, 4.69) is 15.8 Å². The molecule has 0 unspecified atom stereocenters. The van der Waals surface area contributed by atoms with E-state index >= 15 is 0 Å². The molecular weight excluding hydrogens is 250 g/mol. The maximum absolute atomic E-state index is 11.6. The Morgan fingerprint density at radius 3 is 2.68 bits per heavy atom. The molecule has 0 radical (unpaired) electrons. The van der Waals surface area contributed by atoms with Crippen LogP contribution >= 0.6 is 0 Å². The van der Waals surface area contributed by atoms with E-state index in [1.54, 1.807) is 33.8 Å². The van der Waals surface area contributed by atoms with Gasteiger partial charge in [0.15, 0.2) is 5.82 Å². The Hall–Kier alpha value is -1.89. The highest BCUT2D eigenvalue weighted by Crippen LogP contribution is 2.07. The maximum Gasteiger partial charge on any atom is 0.325 e. The molecule has 0 aliphatic heterocycles. The van der Waals surface area contributed by atoms with E-state index in [0.717, 1.165) is 0 Å². The summed E-state index contributed by atoms with van der Waals surface area (Å²) < 4.78 is 9.72. The van der Waals surface area contributed by atoms with Crippen molar-refractivity contribution in [2.75, 3.05) is 18.5 Å². The lowest BCUT2D eigenvalue weighted by atomic mass is 10.1. The van der Waals surface area contributed by atoms with Gasteiger partial charge in [0.05, 0.1) is 13.2 Å². The summed E-state index contributed by atoms with van der Waals surface area (Å²) >= 11 is 0. The first-order chi connectivity index (χ1) is 8.85. The molecule has 7 heteroatoms. The van der Waals surface area contributed by atoms with Crippen molar-refractivity contribution >= 4 is 17.7 Å². The number of carbonyl (C=O) groups is 2. The third-order valence-electron chi connectivity index (χ3n) is 2.37. The summed E-state index contributed by atoms with van der Waals surface area (Å²) in [6, 6.07) is 1.61. The average molecular weight is 269 g/mol. The standard InChI is InChI=1S/C12H19N3O4/c1-5-18-11(17)12(3,4)13-7-10(16)14-9-6-8(2)19-15-9/h6,13H,5,7H2,1-4H3,(H,14,15,16). The number of carbonyl (C=O) groups excluding carboxylic acids is 2. The molecule has 106 valence electrons. The van der Waals surface area contributed by atoms with E-state index in [0.29, 0.717) is 18.2 Å². The monoisotopic (exact) mass is 269 g/mol. The van der Waals surface area contributed by atoms with Crippen LogP contribution in [0.2, 0.25) is 0 Å². The predicted molar refractivity (Wildman–Crippen MR) is 68.6 cm³/mol. The number of esters is 1. The van der Waals surface area contributed by atoms with E-state index in [1.165, 1.54) is 0 Å². The molecule has 0 bridgehead atoms. The summed E-state index contributed by atoms with van der Waals surface area (Å²) in [7, 11) is 0. The number of aromatic nitrogens is 1. The van der Waals surface area contributed by atoms with Gasteiger partial charge in [0.1, 0.15) is 11.3 Å². The van der Waals surface area contributed by atoms with Crippen molar-refractivity contribution < 1.29 is 18.8 Å². The second-order valence-electron chi connectivity index (χ2n) is 4.57. The summed E-state index contributed by atoms with van der Waals surface area (Å²) in [6.07, 6.45) is 0. The number of nitrogens with one attached hydrogen (secondary N) is 2. The Morgan fingerprint density at radius 2 is 2.16 bits per heavy atom. The van der Waals surface area contributed by atoms with Crippen molar-refractivity contribution in [3.05, 3.63) is 11.8 Å². The normalized spacial score (nSPS) is 11.2. The largest absolute Gasteiger partial charge is 0.465 e. The number of ether oxygens (including phenoxy) is 1. The lowest BCUT2D eigenvalue weighted by Gasteiger charge is -2.23. The van der Waals surface area contributed by atoms with Crippen molar-refractivity contribution in [2.45, 2.75) is 33.2 Å². The van der Waals surface area contributed by atoms with Gasteiger partial charge in [0.2, 0.25) is 5.91 Å². The first kappa shape index (κ1) is 15.2. The second kappa shape index (κ2) is 6.33. The van der Waals surface area contributed by atoms with Crippen molar-refractivity contribution in [3.63, 3.8) is 0 Å². The minimum Gasteiger partial charge on any atom is -0.465 e. The first-order valence-electron chi connectivity index (χ1n) is 6.00. The molecule has 1 aromatic heterocycles. The van der Waals surface area contributed by atoms with Crippen LogP contribution in [-0.4, -0.2) is 35.7 Å². The fourth-order valence-corrected chi connectivity index (χ4v) is 1.30. The molecule has 0 aromatic carbocycles. The van der Waals surface area contributed by atoms with E-state index < -0.39 is 11.5 Å². The fraction of sp³-hybridized carbons (Fsp3) is 0.583. The van der Waals surface area contributed by atoms with E-state index in [9.17, 15) is 9.59 Å². The van der Waals surface area contributed by atoms with Crippen LogP contribution in [0.1, 0.15) is 26.5 Å². The van der Waals surface area contributed by atoms with Crippen LogP contribution in [0.15, 0.2) is 10.6 Å². The lowest BCUT2D eigenvalue weighted by molar-refractivity contribution is -0.149. The van der Waals surface area contributed by atoms with Gasteiger partial charge in [-0.2, -0.15) is 0 Å². The number of amides is 1. The zero-order valence-electron chi connectivity index (χ0n) is 11.6. The van der Waals surface area contributed by atoms with Gasteiger partial charge in [-0.3, -0.25) is 14.9 Å². The van der Waals surface area contributed by atoms with Gasteiger partial charge in [0, 0.05) is 6.07 Å². The Labute approximate surface area is 111 Å². The highest BCUT2D eigenvalue weighted by Gasteiger charge is 2.29. The molecule has 19 heavy (non-hydrogen) atoms. The Bertz CT molecular complexity index is 454. The van der Waals surface area contributed by atoms with Crippen LogP contribution in [-0.2, 0) is 14.3 Å². The maximum atomic E-state index is 11.6. The summed E-state index contributed by atoms with van der Waals surface area (Å²) in [5, 5.41) is 9.01. The SMILES string of the molecule is CCOC(=O)C(C)(C)NCC(=O)Nc1cc(C)on1. The Kier molecular flexibility index (Phi) is 5.05. The minimum absolute atomic E-state index is 0.0300. The molecule has 1 heterocycles. The van der Waals surface area contributed by atoms with Crippen molar-refractivity contribution in [2.24, 2.45) is 0 Å². The van der Waals surface area contributed by atoms with Crippen LogP contribution in [0.5, 0.6) is 0 Å². The predicted octanol–water partition coefficient (Wildman–Crippen LogP) is 0.853. The number of rotatable bonds is 6. The average Bonchev–Trinajstić information content (AvgIpc) is 2.72. The highest BCUT2D eigenvalue weighted by molar-refractivity contribution is 5.92. The molecule has 1 rings (SSSR count). The molecule has 0 aliphatic rings. The van der Waals surface area contributed by atoms with Crippen molar-refractivity contribution in [3.8, 4) is 0 Å².